The number of halogens is 1. The van der Waals surface area contributed by atoms with Crippen LogP contribution in [0.4, 0.5) is 5.82 Å². The average molecular weight is 569 g/mol. The Morgan fingerprint density at radius 2 is 1.95 bits per heavy atom. The maximum absolute atomic E-state index is 13.8. The number of para-hydroxylation sites is 1. The summed E-state index contributed by atoms with van der Waals surface area (Å²) in [5, 5.41) is 8.34. The minimum absolute atomic E-state index is 0.00609. The van der Waals surface area contributed by atoms with Crippen LogP contribution in [0, 0.1) is 0 Å². The third kappa shape index (κ3) is 5.34. The molecule has 0 saturated carbocycles. The molecule has 1 N–H and O–H groups in total. The number of ether oxygens (including phenoxy) is 2. The highest BCUT2D eigenvalue weighted by Gasteiger charge is 2.40. The third-order valence-electron chi connectivity index (χ3n) is 6.90. The average Bonchev–Trinajstić information content (AvgIpc) is 3.49. The molecule has 0 spiro atoms. The number of anilines is 1. The van der Waals surface area contributed by atoms with Gasteiger partial charge in [0.05, 0.1) is 27.4 Å². The lowest BCUT2D eigenvalue weighted by Crippen LogP contribution is -2.44. The smallest absolute Gasteiger partial charge is 0.240 e. The number of aromatic nitrogens is 2. The molecule has 1 aromatic heterocycles. The first-order valence-electron chi connectivity index (χ1n) is 13.1. The van der Waals surface area contributed by atoms with Crippen molar-refractivity contribution in [3.05, 3.63) is 64.3 Å². The summed E-state index contributed by atoms with van der Waals surface area (Å²) in [4.78, 5) is 28.5. The Kier molecular flexibility index (Phi) is 7.57. The Balaban J connectivity index is 1.75. The van der Waals surface area contributed by atoms with Crippen molar-refractivity contribution in [2.75, 3.05) is 24.0 Å². The molecule has 3 heterocycles. The van der Waals surface area contributed by atoms with Crippen LogP contribution in [0.3, 0.4) is 0 Å². The van der Waals surface area contributed by atoms with Crippen molar-refractivity contribution in [2.45, 2.75) is 57.7 Å². The van der Waals surface area contributed by atoms with Crippen LogP contribution in [0.1, 0.15) is 63.1 Å². The highest BCUT2D eigenvalue weighted by molar-refractivity contribution is 8.00. The molecule has 0 fully saturated rings. The molecule has 2 aliphatic rings. The topological polar surface area (TPSA) is 85.7 Å². The Morgan fingerprint density at radius 3 is 2.67 bits per heavy atom. The van der Waals surface area contributed by atoms with Gasteiger partial charge in [-0.3, -0.25) is 14.5 Å². The summed E-state index contributed by atoms with van der Waals surface area (Å²) in [5.74, 6) is 1.73. The van der Waals surface area contributed by atoms with Gasteiger partial charge in [0.2, 0.25) is 18.6 Å². The molecular weight excluding hydrogens is 536 g/mol. The summed E-state index contributed by atoms with van der Waals surface area (Å²) in [7, 11) is 0. The molecule has 0 bridgehead atoms. The summed E-state index contributed by atoms with van der Waals surface area (Å²) >= 11 is 8.20. The number of carbonyl (C=O) groups is 2. The number of amides is 2. The predicted octanol–water partition coefficient (Wildman–Crippen LogP) is 5.64. The fourth-order valence-corrected chi connectivity index (χ4v) is 6.17. The van der Waals surface area contributed by atoms with E-state index < -0.39 is 0 Å². The largest absolute Gasteiger partial charge is 0.454 e. The van der Waals surface area contributed by atoms with Crippen molar-refractivity contribution in [3.8, 4) is 17.2 Å². The summed E-state index contributed by atoms with van der Waals surface area (Å²) < 4.78 is 13.0. The highest BCUT2D eigenvalue weighted by atomic mass is 35.5. The predicted molar refractivity (Wildman–Crippen MR) is 154 cm³/mol. The fraction of sp³-hybridized carbons (Fsp3) is 0.414. The highest BCUT2D eigenvalue weighted by Crippen LogP contribution is 2.50. The van der Waals surface area contributed by atoms with E-state index in [0.717, 1.165) is 23.2 Å². The fourth-order valence-electron chi connectivity index (χ4n) is 4.77. The number of benzene rings is 2. The van der Waals surface area contributed by atoms with Crippen LogP contribution in [0.15, 0.2) is 42.5 Å². The van der Waals surface area contributed by atoms with Gasteiger partial charge in [0.25, 0.3) is 0 Å². The van der Waals surface area contributed by atoms with Crippen molar-refractivity contribution < 1.29 is 19.1 Å². The van der Waals surface area contributed by atoms with Crippen molar-refractivity contribution in [2.24, 2.45) is 0 Å². The number of nitrogens with zero attached hydrogens (tertiary/aromatic N) is 3. The van der Waals surface area contributed by atoms with Crippen LogP contribution >= 0.6 is 23.4 Å². The number of hydrogen-bond donors (Lipinski definition) is 1. The van der Waals surface area contributed by atoms with E-state index >= 15 is 0 Å². The molecule has 0 radical (unpaired) electrons. The van der Waals surface area contributed by atoms with Crippen LogP contribution in [-0.2, 0) is 15.0 Å². The molecule has 39 heavy (non-hydrogen) atoms. The molecule has 2 amide bonds. The Bertz CT molecular complexity index is 1420. The molecule has 3 aromatic rings. The number of nitrogens with one attached hydrogen (secondary N) is 1. The maximum Gasteiger partial charge on any atom is 0.240 e. The van der Waals surface area contributed by atoms with Gasteiger partial charge in [-0.25, -0.2) is 4.68 Å². The zero-order valence-electron chi connectivity index (χ0n) is 22.8. The number of thioether (sulfide) groups is 1. The monoisotopic (exact) mass is 568 g/mol. The van der Waals surface area contributed by atoms with Crippen molar-refractivity contribution >= 4 is 41.0 Å². The van der Waals surface area contributed by atoms with Gasteiger partial charge in [0.1, 0.15) is 12.4 Å². The summed E-state index contributed by atoms with van der Waals surface area (Å²) in [6, 6.07) is 13.3. The molecule has 5 rings (SSSR count). The minimum atomic E-state index is -0.371. The van der Waals surface area contributed by atoms with E-state index in [-0.39, 0.29) is 47.6 Å². The SMILES string of the molecule is CC[C@@H](C)NC(=O)CN1C(=O)CS[C@H](c2ccc3c(c2)OCO3)c2c(C(C)(C)C)nn(-c3ccccc3Cl)c21. The van der Waals surface area contributed by atoms with E-state index in [9.17, 15) is 9.59 Å². The number of carbonyl (C=O) groups excluding carboxylic acids is 2. The van der Waals surface area contributed by atoms with E-state index in [4.69, 9.17) is 26.2 Å². The van der Waals surface area contributed by atoms with Crippen molar-refractivity contribution in [3.63, 3.8) is 0 Å². The second-order valence-electron chi connectivity index (χ2n) is 10.9. The van der Waals surface area contributed by atoms with E-state index in [1.165, 1.54) is 11.8 Å². The van der Waals surface area contributed by atoms with Gasteiger partial charge in [0, 0.05) is 17.0 Å². The second kappa shape index (κ2) is 10.8. The zero-order chi connectivity index (χ0) is 27.9. The van der Waals surface area contributed by atoms with Gasteiger partial charge in [-0.1, -0.05) is 57.5 Å². The molecule has 0 unspecified atom stereocenters. The lowest BCUT2D eigenvalue weighted by atomic mass is 9.87. The van der Waals surface area contributed by atoms with Crippen molar-refractivity contribution in [1.82, 2.24) is 15.1 Å². The van der Waals surface area contributed by atoms with Crippen LogP contribution in [0.5, 0.6) is 11.5 Å². The van der Waals surface area contributed by atoms with Gasteiger partial charge in [-0.2, -0.15) is 5.10 Å². The quantitative estimate of drug-likeness (QED) is 0.414. The van der Waals surface area contributed by atoms with Gasteiger partial charge in [-0.05, 0) is 43.2 Å². The Hall–Kier alpha value is -3.17. The first-order valence-corrected chi connectivity index (χ1v) is 14.5. The van der Waals surface area contributed by atoms with Gasteiger partial charge in [-0.15, -0.1) is 11.8 Å². The molecule has 0 aliphatic carbocycles. The molecule has 8 nitrogen and oxygen atoms in total. The molecule has 0 saturated heterocycles. The first kappa shape index (κ1) is 27.4. The van der Waals surface area contributed by atoms with E-state index in [1.54, 1.807) is 15.6 Å². The Labute approximate surface area is 238 Å². The van der Waals surface area contributed by atoms with E-state index in [1.807, 2.05) is 50.2 Å². The Morgan fingerprint density at radius 1 is 1.21 bits per heavy atom. The van der Waals surface area contributed by atoms with Gasteiger partial charge in [0.15, 0.2) is 11.5 Å². The van der Waals surface area contributed by atoms with Crippen LogP contribution < -0.4 is 19.7 Å². The summed E-state index contributed by atoms with van der Waals surface area (Å²) in [6.07, 6.45) is 0.790. The van der Waals surface area contributed by atoms with Crippen LogP contribution in [-0.4, -0.2) is 46.7 Å². The molecule has 2 atom stereocenters. The molecule has 10 heteroatoms. The maximum atomic E-state index is 13.8. The van der Waals surface area contributed by atoms with E-state index in [2.05, 4.69) is 26.1 Å². The van der Waals surface area contributed by atoms with Crippen molar-refractivity contribution in [1.29, 1.82) is 0 Å². The number of hydrogen-bond acceptors (Lipinski definition) is 6. The van der Waals surface area contributed by atoms with Crippen LogP contribution in [0.2, 0.25) is 5.02 Å². The zero-order valence-corrected chi connectivity index (χ0v) is 24.4. The summed E-state index contributed by atoms with van der Waals surface area (Å²) in [5.41, 5.74) is 2.95. The first-order chi connectivity index (χ1) is 18.6. The number of fused-ring (bicyclic) bond motifs is 2. The molecule has 206 valence electrons. The minimum Gasteiger partial charge on any atom is -0.454 e. The van der Waals surface area contributed by atoms with Gasteiger partial charge < -0.3 is 14.8 Å². The van der Waals surface area contributed by atoms with Crippen LogP contribution in [0.25, 0.3) is 5.69 Å². The van der Waals surface area contributed by atoms with Gasteiger partial charge >= 0.3 is 0 Å². The second-order valence-corrected chi connectivity index (χ2v) is 12.4. The molecular formula is C29H33ClN4O4S. The lowest BCUT2D eigenvalue weighted by molar-refractivity contribution is -0.123. The molecule has 2 aromatic carbocycles. The standard InChI is InChI=1S/C29H33ClN4O4S/c1-6-17(2)31-23(35)14-33-24(36)15-39-26(18-11-12-21-22(13-18)38-16-37-21)25-27(29(3,4)5)32-34(28(25)33)20-10-8-7-9-19(20)30/h7-13,17,26H,6,14-16H2,1-5H3,(H,31,35)/t17-,26-/m1/s1. The van der Waals surface area contributed by atoms with E-state index in [0.29, 0.717) is 28.0 Å². The number of rotatable bonds is 6. The normalized spacial score (nSPS) is 17.5. The molecule has 2 aliphatic heterocycles. The lowest BCUT2D eigenvalue weighted by Gasteiger charge is -2.25. The summed E-state index contributed by atoms with van der Waals surface area (Å²) in [6.45, 7) is 10.3. The third-order valence-corrected chi connectivity index (χ3v) is 8.48.